The molecule has 10 heteroatoms. The number of cyclic esters (lactones) is 1. The van der Waals surface area contributed by atoms with Crippen molar-refractivity contribution in [2.45, 2.75) is 43.7 Å². The minimum atomic E-state index is -4.96. The molecule has 0 radical (unpaired) electrons. The van der Waals surface area contributed by atoms with Crippen LogP contribution in [0.25, 0.3) is 0 Å². The lowest BCUT2D eigenvalue weighted by Crippen LogP contribution is -2.41. The van der Waals surface area contributed by atoms with Gasteiger partial charge in [0.2, 0.25) is 0 Å². The van der Waals surface area contributed by atoms with Crippen LogP contribution in [0.15, 0.2) is 60.8 Å². The summed E-state index contributed by atoms with van der Waals surface area (Å²) in [6, 6.07) is 0. The maximum atomic E-state index is 11.3. The van der Waals surface area contributed by atoms with Crippen molar-refractivity contribution in [1.82, 2.24) is 0 Å². The quantitative estimate of drug-likeness (QED) is 0.140. The van der Waals surface area contributed by atoms with Crippen molar-refractivity contribution in [3.8, 4) is 0 Å². The molecule has 0 spiro atoms. The summed E-state index contributed by atoms with van der Waals surface area (Å²) in [7, 11) is -4.96. The zero-order valence-electron chi connectivity index (χ0n) is 15.9. The summed E-state index contributed by atoms with van der Waals surface area (Å²) in [6.45, 7) is 1.16. The standard InChI is InChI=1S/C19H27O9P/c1-19(23,12-11-16-9-7-10-18(22)27-16)17(28-29(24,25)26)14-15(21)8-5-3-2-4-6-13-20/h2-8,10-12,15-17,20-21,23H,9,13-14H2,1H3,(H2,24,25,26)/b3-2+,6-4+,8-5-,12-11-/t15-,16+,17-,19+/m1/s1. The number of allylic oxidation sites excluding steroid dienone is 4. The Labute approximate surface area is 169 Å². The van der Waals surface area contributed by atoms with Crippen molar-refractivity contribution < 1.29 is 43.7 Å². The second-order valence-corrected chi connectivity index (χ2v) is 7.66. The first kappa shape index (κ1) is 25.2. The minimum Gasteiger partial charge on any atom is -0.455 e. The molecule has 4 atom stereocenters. The Hall–Kier alpha value is -1.84. The summed E-state index contributed by atoms with van der Waals surface area (Å²) in [4.78, 5) is 29.6. The lowest BCUT2D eigenvalue weighted by Gasteiger charge is -2.31. The second-order valence-electron chi connectivity index (χ2n) is 6.47. The van der Waals surface area contributed by atoms with Crippen molar-refractivity contribution >= 4 is 13.8 Å². The monoisotopic (exact) mass is 430 g/mol. The molecule has 0 aliphatic carbocycles. The van der Waals surface area contributed by atoms with E-state index in [1.807, 2.05) is 0 Å². The molecule has 0 aromatic rings. The third-order valence-electron chi connectivity index (χ3n) is 3.82. The Morgan fingerprint density at radius 2 is 2.03 bits per heavy atom. The Kier molecular flexibility index (Phi) is 10.4. The van der Waals surface area contributed by atoms with Crippen LogP contribution in [0.5, 0.6) is 0 Å². The van der Waals surface area contributed by atoms with Gasteiger partial charge in [0.05, 0.1) is 12.7 Å². The maximum absolute atomic E-state index is 11.3. The highest BCUT2D eigenvalue weighted by molar-refractivity contribution is 7.46. The molecule has 162 valence electrons. The SMILES string of the molecule is C[C@](O)(/C=C\[C@@H]1CC=CC(=O)O1)[C@@H](C[C@H](O)\C=C/C=C/C=C/CO)OP(=O)(O)O. The highest BCUT2D eigenvalue weighted by Crippen LogP contribution is 2.41. The molecule has 1 aliphatic rings. The summed E-state index contributed by atoms with van der Waals surface area (Å²) >= 11 is 0. The molecule has 0 unspecified atom stereocenters. The van der Waals surface area contributed by atoms with E-state index in [0.717, 1.165) is 0 Å². The number of ether oxygens (including phenoxy) is 1. The van der Waals surface area contributed by atoms with Gasteiger partial charge in [-0.15, -0.1) is 0 Å². The van der Waals surface area contributed by atoms with Gasteiger partial charge >= 0.3 is 13.8 Å². The average molecular weight is 430 g/mol. The van der Waals surface area contributed by atoms with Crippen molar-refractivity contribution in [3.05, 3.63) is 60.8 Å². The fourth-order valence-corrected chi connectivity index (χ4v) is 3.01. The van der Waals surface area contributed by atoms with Gasteiger partial charge in [0, 0.05) is 18.9 Å². The fourth-order valence-electron chi connectivity index (χ4n) is 2.37. The molecule has 29 heavy (non-hydrogen) atoms. The Balaban J connectivity index is 2.84. The topological polar surface area (TPSA) is 154 Å². The van der Waals surface area contributed by atoms with Crippen molar-refractivity contribution in [2.24, 2.45) is 0 Å². The van der Waals surface area contributed by atoms with Crippen LogP contribution < -0.4 is 0 Å². The van der Waals surface area contributed by atoms with Crippen LogP contribution in [-0.4, -0.2) is 61.6 Å². The molecule has 1 rings (SSSR count). The molecule has 0 aromatic heterocycles. The normalized spacial score (nSPS) is 22.6. The Morgan fingerprint density at radius 1 is 1.34 bits per heavy atom. The number of aliphatic hydroxyl groups excluding tert-OH is 2. The van der Waals surface area contributed by atoms with E-state index in [1.54, 1.807) is 24.3 Å². The van der Waals surface area contributed by atoms with E-state index in [4.69, 9.17) is 19.6 Å². The van der Waals surface area contributed by atoms with E-state index < -0.39 is 37.7 Å². The summed E-state index contributed by atoms with van der Waals surface area (Å²) in [6.07, 6.45) is 11.5. The van der Waals surface area contributed by atoms with Crippen LogP contribution in [0.1, 0.15) is 19.8 Å². The molecule has 0 saturated carbocycles. The van der Waals surface area contributed by atoms with Gasteiger partial charge in [0.25, 0.3) is 0 Å². The molecule has 0 aromatic carbocycles. The molecule has 1 aliphatic heterocycles. The first-order valence-corrected chi connectivity index (χ1v) is 10.4. The summed E-state index contributed by atoms with van der Waals surface area (Å²) in [5.41, 5.74) is -1.87. The Morgan fingerprint density at radius 3 is 2.66 bits per heavy atom. The number of esters is 1. The fraction of sp³-hybridized carbons (Fsp3) is 0.421. The second kappa shape index (κ2) is 12.0. The summed E-state index contributed by atoms with van der Waals surface area (Å²) in [5.74, 6) is -0.531. The van der Waals surface area contributed by atoms with Gasteiger partial charge in [-0.1, -0.05) is 48.6 Å². The highest BCUT2D eigenvalue weighted by atomic mass is 31.2. The number of hydrogen-bond acceptors (Lipinski definition) is 7. The molecule has 1 heterocycles. The number of phosphoric acid groups is 1. The van der Waals surface area contributed by atoms with Crippen LogP contribution in [0.2, 0.25) is 0 Å². The molecule has 9 nitrogen and oxygen atoms in total. The van der Waals surface area contributed by atoms with E-state index in [9.17, 15) is 19.6 Å². The van der Waals surface area contributed by atoms with Gasteiger partial charge in [0.1, 0.15) is 17.8 Å². The number of hydrogen-bond donors (Lipinski definition) is 5. The van der Waals surface area contributed by atoms with Crippen LogP contribution >= 0.6 is 7.82 Å². The zero-order chi connectivity index (χ0) is 21.9. The van der Waals surface area contributed by atoms with Crippen molar-refractivity contribution in [3.63, 3.8) is 0 Å². The maximum Gasteiger partial charge on any atom is 0.469 e. The molecule has 0 saturated heterocycles. The van der Waals surface area contributed by atoms with Crippen LogP contribution in [-0.2, 0) is 18.6 Å². The predicted molar refractivity (Wildman–Crippen MR) is 105 cm³/mol. The number of carbonyl (C=O) groups is 1. The summed E-state index contributed by atoms with van der Waals surface area (Å²) < 4.78 is 21.0. The average Bonchev–Trinajstić information content (AvgIpc) is 2.61. The Bertz CT molecular complexity index is 715. The number of carbonyl (C=O) groups excluding carboxylic acids is 1. The zero-order valence-corrected chi connectivity index (χ0v) is 16.8. The highest BCUT2D eigenvalue weighted by Gasteiger charge is 2.37. The lowest BCUT2D eigenvalue weighted by molar-refractivity contribution is -0.141. The molecule has 5 N–H and O–H groups in total. The largest absolute Gasteiger partial charge is 0.469 e. The molecular weight excluding hydrogens is 403 g/mol. The molecule has 0 bridgehead atoms. The van der Waals surface area contributed by atoms with Crippen LogP contribution in [0.4, 0.5) is 0 Å². The van der Waals surface area contributed by atoms with Crippen molar-refractivity contribution in [1.29, 1.82) is 0 Å². The van der Waals surface area contributed by atoms with E-state index >= 15 is 0 Å². The number of rotatable bonds is 11. The third kappa shape index (κ3) is 11.1. The van der Waals surface area contributed by atoms with E-state index in [1.165, 1.54) is 43.4 Å². The lowest BCUT2D eigenvalue weighted by atomic mass is 9.93. The first-order valence-electron chi connectivity index (χ1n) is 8.85. The van der Waals surface area contributed by atoms with Gasteiger partial charge in [-0.25, -0.2) is 9.36 Å². The first-order chi connectivity index (χ1) is 13.5. The van der Waals surface area contributed by atoms with E-state index in [2.05, 4.69) is 4.52 Å². The van der Waals surface area contributed by atoms with Gasteiger partial charge in [-0.05, 0) is 13.0 Å². The van der Waals surface area contributed by atoms with E-state index in [0.29, 0.717) is 6.42 Å². The van der Waals surface area contributed by atoms with Gasteiger partial charge in [-0.2, -0.15) is 0 Å². The van der Waals surface area contributed by atoms with Crippen LogP contribution in [0, 0.1) is 0 Å². The summed E-state index contributed by atoms with van der Waals surface area (Å²) in [5, 5.41) is 29.4. The van der Waals surface area contributed by atoms with Crippen LogP contribution in [0.3, 0.4) is 0 Å². The van der Waals surface area contributed by atoms with Gasteiger partial charge in [0.15, 0.2) is 0 Å². The molecule has 0 amide bonds. The molecular formula is C19H27O9P. The smallest absolute Gasteiger partial charge is 0.455 e. The van der Waals surface area contributed by atoms with Gasteiger partial charge in [-0.3, -0.25) is 4.52 Å². The minimum absolute atomic E-state index is 0.100. The van der Waals surface area contributed by atoms with E-state index in [-0.39, 0.29) is 13.0 Å². The number of aliphatic hydroxyl groups is 3. The van der Waals surface area contributed by atoms with Gasteiger partial charge < -0.3 is 29.8 Å². The third-order valence-corrected chi connectivity index (χ3v) is 4.35. The predicted octanol–water partition coefficient (Wildman–Crippen LogP) is 1.06. The van der Waals surface area contributed by atoms with Crippen molar-refractivity contribution in [2.75, 3.05) is 6.61 Å². The molecule has 0 fully saturated rings. The number of phosphoric ester groups is 1.